The van der Waals surface area contributed by atoms with Crippen LogP contribution >= 0.6 is 0 Å². The number of aromatic amines is 1. The molecule has 3 rings (SSSR count). The number of pyridine rings is 1. The predicted molar refractivity (Wildman–Crippen MR) is 99.5 cm³/mol. The molecule has 162 valence electrons. The highest BCUT2D eigenvalue weighted by Gasteiger charge is 2.23. The second-order valence-electron chi connectivity index (χ2n) is 6.24. The number of nitrogens with one attached hydrogen (secondary N) is 2. The Labute approximate surface area is 168 Å². The number of fused-ring (bicyclic) bond motifs is 1. The van der Waals surface area contributed by atoms with Gasteiger partial charge in [0.25, 0.3) is 16.4 Å². The van der Waals surface area contributed by atoms with Gasteiger partial charge in [0, 0.05) is 29.3 Å². The molecule has 0 aliphatic heterocycles. The number of methoxy groups -OCH3 is 1. The first-order valence-electron chi connectivity index (χ1n) is 8.61. The van der Waals surface area contributed by atoms with Crippen molar-refractivity contribution >= 4 is 27.0 Å². The Bertz CT molecular complexity index is 1170. The zero-order valence-electron chi connectivity index (χ0n) is 15.8. The Morgan fingerprint density at radius 3 is 2.53 bits per heavy atom. The summed E-state index contributed by atoms with van der Waals surface area (Å²) in [7, 11) is -2.94. The van der Waals surface area contributed by atoms with Gasteiger partial charge in [-0.25, -0.2) is 40.7 Å². The van der Waals surface area contributed by atoms with Crippen molar-refractivity contribution in [3.63, 3.8) is 0 Å². The number of halogens is 4. The molecule has 0 aromatic carbocycles. The molecule has 0 radical (unpaired) electrons. The van der Waals surface area contributed by atoms with Crippen molar-refractivity contribution in [1.82, 2.24) is 19.9 Å². The van der Waals surface area contributed by atoms with E-state index in [0.29, 0.717) is 5.56 Å². The summed E-state index contributed by atoms with van der Waals surface area (Å²) in [4.78, 5) is 14.0. The van der Waals surface area contributed by atoms with Crippen LogP contribution in [-0.2, 0) is 16.4 Å². The Hall–Kier alpha value is -2.96. The summed E-state index contributed by atoms with van der Waals surface area (Å²) in [5, 5.41) is 0.101. The highest BCUT2D eigenvalue weighted by atomic mass is 32.2. The van der Waals surface area contributed by atoms with Crippen molar-refractivity contribution in [3.05, 3.63) is 35.3 Å². The molecule has 2 N–H and O–H groups in total. The third-order valence-electron chi connectivity index (χ3n) is 4.24. The fourth-order valence-corrected chi connectivity index (χ4v) is 3.95. The van der Waals surface area contributed by atoms with E-state index >= 15 is 0 Å². The van der Waals surface area contributed by atoms with E-state index in [-0.39, 0.29) is 39.9 Å². The summed E-state index contributed by atoms with van der Waals surface area (Å²) >= 11 is 0. The number of rotatable bonds is 8. The minimum Gasteiger partial charge on any atom is -0.481 e. The molecule has 0 saturated heterocycles. The van der Waals surface area contributed by atoms with E-state index in [1.165, 1.54) is 20.1 Å². The van der Waals surface area contributed by atoms with Gasteiger partial charge in [-0.2, -0.15) is 4.98 Å². The second kappa shape index (κ2) is 8.42. The zero-order valence-corrected chi connectivity index (χ0v) is 16.6. The van der Waals surface area contributed by atoms with Gasteiger partial charge in [0.05, 0.1) is 7.11 Å². The quantitative estimate of drug-likeness (QED) is 0.511. The number of sulfonamides is 1. The van der Waals surface area contributed by atoms with E-state index in [0.717, 1.165) is 12.3 Å². The van der Waals surface area contributed by atoms with Crippen LogP contribution in [-0.4, -0.2) is 41.9 Å². The van der Waals surface area contributed by atoms with Gasteiger partial charge in [-0.1, -0.05) is 0 Å². The molecular weight excluding hydrogens is 430 g/mol. The molecule has 0 atom stereocenters. The number of hydrogen-bond acceptors (Lipinski definition) is 6. The molecule has 0 amide bonds. The molecule has 0 unspecified atom stereocenters. The number of H-pyrrole nitrogens is 1. The van der Waals surface area contributed by atoms with Crippen molar-refractivity contribution in [2.75, 3.05) is 11.8 Å². The van der Waals surface area contributed by atoms with Crippen molar-refractivity contribution < 1.29 is 30.7 Å². The number of nitrogens with zero attached hydrogens (tertiary/aromatic N) is 3. The van der Waals surface area contributed by atoms with Gasteiger partial charge in [-0.3, -0.25) is 0 Å². The van der Waals surface area contributed by atoms with Gasteiger partial charge in [0.1, 0.15) is 16.2 Å². The Kier molecular flexibility index (Phi) is 6.10. The lowest BCUT2D eigenvalue weighted by Crippen LogP contribution is -2.16. The molecular formula is C17H17F4N5O3S. The van der Waals surface area contributed by atoms with Crippen LogP contribution in [0.25, 0.3) is 11.0 Å². The van der Waals surface area contributed by atoms with Crippen LogP contribution in [0.4, 0.5) is 23.5 Å². The average molecular weight is 447 g/mol. The minimum absolute atomic E-state index is 0.0230. The van der Waals surface area contributed by atoms with Gasteiger partial charge in [0.15, 0.2) is 0 Å². The van der Waals surface area contributed by atoms with E-state index in [2.05, 4.69) is 24.7 Å². The van der Waals surface area contributed by atoms with Gasteiger partial charge in [0.2, 0.25) is 18.3 Å². The first-order chi connectivity index (χ1) is 14.1. The highest BCUT2D eigenvalue weighted by Crippen LogP contribution is 2.28. The summed E-state index contributed by atoms with van der Waals surface area (Å²) in [5.41, 5.74) is 0.105. The molecule has 0 saturated carbocycles. The summed E-state index contributed by atoms with van der Waals surface area (Å²) < 4.78 is 83.4. The molecule has 3 heterocycles. The average Bonchev–Trinajstić information content (AvgIpc) is 3.10. The van der Waals surface area contributed by atoms with E-state index in [9.17, 15) is 26.0 Å². The smallest absolute Gasteiger partial charge is 0.280 e. The van der Waals surface area contributed by atoms with Crippen LogP contribution in [0.5, 0.6) is 5.88 Å². The standard InChI is InChI=1S/C17H17F4N5O3S/c1-8-9(4-6-13(18)19)16(29-2)25-17(23-8)26-30(27,28)12-7-22-15-10(12)3-5-11(24-15)14(20)21/h3,5,7,13-14H,4,6H2,1-2H3,(H,22,24)(H,23,25,26). The largest absolute Gasteiger partial charge is 0.481 e. The molecule has 0 aliphatic rings. The van der Waals surface area contributed by atoms with Gasteiger partial charge >= 0.3 is 0 Å². The lowest BCUT2D eigenvalue weighted by Gasteiger charge is -2.13. The van der Waals surface area contributed by atoms with E-state index in [4.69, 9.17) is 4.74 Å². The summed E-state index contributed by atoms with van der Waals surface area (Å²) in [6, 6.07) is 2.25. The van der Waals surface area contributed by atoms with Crippen LogP contribution in [0.15, 0.2) is 23.2 Å². The van der Waals surface area contributed by atoms with Crippen LogP contribution < -0.4 is 9.46 Å². The number of alkyl halides is 4. The third-order valence-corrected chi connectivity index (χ3v) is 5.61. The van der Waals surface area contributed by atoms with Gasteiger partial charge in [-0.05, 0) is 25.5 Å². The lowest BCUT2D eigenvalue weighted by atomic mass is 10.1. The predicted octanol–water partition coefficient (Wildman–Crippen LogP) is 3.61. The maximum atomic E-state index is 12.8. The number of ether oxygens (including phenoxy) is 1. The fourth-order valence-electron chi connectivity index (χ4n) is 2.84. The fraction of sp³-hybridized carbons (Fsp3) is 0.353. The normalized spacial score (nSPS) is 12.1. The minimum atomic E-state index is -4.22. The molecule has 0 aliphatic carbocycles. The van der Waals surface area contributed by atoms with Gasteiger partial charge in [-0.15, -0.1) is 0 Å². The summed E-state index contributed by atoms with van der Waals surface area (Å²) in [5.74, 6) is -0.348. The van der Waals surface area contributed by atoms with Crippen LogP contribution in [0, 0.1) is 6.92 Å². The molecule has 3 aromatic heterocycles. The van der Waals surface area contributed by atoms with Gasteiger partial charge < -0.3 is 9.72 Å². The first kappa shape index (κ1) is 21.7. The number of aromatic nitrogens is 4. The van der Waals surface area contributed by atoms with E-state index < -0.39 is 35.0 Å². The summed E-state index contributed by atoms with van der Waals surface area (Å²) in [6.45, 7) is 1.52. The third kappa shape index (κ3) is 4.45. The number of hydrogen-bond donors (Lipinski definition) is 2. The molecule has 3 aromatic rings. The molecule has 13 heteroatoms. The Balaban J connectivity index is 1.93. The molecule has 0 fully saturated rings. The number of aryl methyl sites for hydroxylation is 1. The molecule has 0 bridgehead atoms. The van der Waals surface area contributed by atoms with Crippen molar-refractivity contribution in [1.29, 1.82) is 0 Å². The maximum absolute atomic E-state index is 12.8. The van der Waals surface area contributed by atoms with Crippen molar-refractivity contribution in [2.24, 2.45) is 0 Å². The summed E-state index contributed by atoms with van der Waals surface area (Å²) in [6.07, 6.45) is -4.68. The maximum Gasteiger partial charge on any atom is 0.280 e. The molecule has 8 nitrogen and oxygen atoms in total. The molecule has 30 heavy (non-hydrogen) atoms. The van der Waals surface area contributed by atoms with Crippen LogP contribution in [0.3, 0.4) is 0 Å². The first-order valence-corrected chi connectivity index (χ1v) is 10.1. The van der Waals surface area contributed by atoms with Crippen LogP contribution in [0.1, 0.15) is 29.8 Å². The van der Waals surface area contributed by atoms with Crippen molar-refractivity contribution in [3.8, 4) is 5.88 Å². The van der Waals surface area contributed by atoms with Crippen LogP contribution in [0.2, 0.25) is 0 Å². The van der Waals surface area contributed by atoms with Crippen molar-refractivity contribution in [2.45, 2.75) is 37.5 Å². The van der Waals surface area contributed by atoms with E-state index in [1.807, 2.05) is 0 Å². The lowest BCUT2D eigenvalue weighted by molar-refractivity contribution is 0.137. The SMILES string of the molecule is COc1nc(NS(=O)(=O)c2c[nH]c3nc(C(F)F)ccc23)nc(C)c1CCC(F)F. The van der Waals surface area contributed by atoms with E-state index in [1.54, 1.807) is 0 Å². The Morgan fingerprint density at radius 1 is 1.17 bits per heavy atom. The number of anilines is 1. The highest BCUT2D eigenvalue weighted by molar-refractivity contribution is 7.93. The topological polar surface area (TPSA) is 110 Å². The second-order valence-corrected chi connectivity index (χ2v) is 7.89. The Morgan fingerprint density at radius 2 is 1.90 bits per heavy atom. The molecule has 0 spiro atoms. The monoisotopic (exact) mass is 447 g/mol. The zero-order chi connectivity index (χ0) is 22.1.